The van der Waals surface area contributed by atoms with Gasteiger partial charge in [-0.3, -0.25) is 9.89 Å². The standard InChI is InChI=1S/C14H16ClN3O2/c1-8(2)10-7-12(18-17-10)14(19)16-11-6-9(15)4-5-13(11)20-3/h4-8H,1-3H3,(H,16,19)(H,17,18). The van der Waals surface area contributed by atoms with E-state index in [4.69, 9.17) is 16.3 Å². The van der Waals surface area contributed by atoms with Crippen molar-refractivity contribution < 1.29 is 9.53 Å². The molecule has 0 bridgehead atoms. The van der Waals surface area contributed by atoms with Gasteiger partial charge in [-0.25, -0.2) is 0 Å². The van der Waals surface area contributed by atoms with Crippen molar-refractivity contribution in [2.24, 2.45) is 0 Å². The fourth-order valence-electron chi connectivity index (χ4n) is 1.71. The molecule has 0 radical (unpaired) electrons. The van der Waals surface area contributed by atoms with E-state index in [2.05, 4.69) is 15.5 Å². The number of aromatic amines is 1. The van der Waals surface area contributed by atoms with E-state index >= 15 is 0 Å². The minimum Gasteiger partial charge on any atom is -0.495 e. The molecular weight excluding hydrogens is 278 g/mol. The molecule has 0 spiro atoms. The zero-order valence-electron chi connectivity index (χ0n) is 11.5. The van der Waals surface area contributed by atoms with E-state index < -0.39 is 0 Å². The molecule has 0 saturated carbocycles. The lowest BCUT2D eigenvalue weighted by atomic mass is 10.1. The molecular formula is C14H16ClN3O2. The largest absolute Gasteiger partial charge is 0.495 e. The number of amides is 1. The number of aromatic nitrogens is 2. The van der Waals surface area contributed by atoms with Crippen molar-refractivity contribution >= 4 is 23.2 Å². The van der Waals surface area contributed by atoms with E-state index in [1.807, 2.05) is 13.8 Å². The number of benzene rings is 1. The fourth-order valence-corrected chi connectivity index (χ4v) is 1.89. The predicted molar refractivity (Wildman–Crippen MR) is 78.6 cm³/mol. The second-order valence-corrected chi connectivity index (χ2v) is 5.10. The van der Waals surface area contributed by atoms with Gasteiger partial charge in [-0.05, 0) is 30.2 Å². The van der Waals surface area contributed by atoms with E-state index in [9.17, 15) is 4.79 Å². The van der Waals surface area contributed by atoms with E-state index in [0.29, 0.717) is 22.2 Å². The molecule has 2 N–H and O–H groups in total. The maximum Gasteiger partial charge on any atom is 0.276 e. The Bertz CT molecular complexity index is 623. The molecule has 0 aliphatic rings. The Morgan fingerprint density at radius 2 is 2.15 bits per heavy atom. The molecule has 6 heteroatoms. The van der Waals surface area contributed by atoms with Gasteiger partial charge in [0.15, 0.2) is 5.69 Å². The van der Waals surface area contributed by atoms with Crippen LogP contribution < -0.4 is 10.1 Å². The van der Waals surface area contributed by atoms with Gasteiger partial charge in [-0.2, -0.15) is 5.10 Å². The maximum atomic E-state index is 12.1. The summed E-state index contributed by atoms with van der Waals surface area (Å²) in [7, 11) is 1.53. The average Bonchev–Trinajstić information content (AvgIpc) is 2.89. The van der Waals surface area contributed by atoms with Crippen molar-refractivity contribution in [3.05, 3.63) is 40.7 Å². The van der Waals surface area contributed by atoms with Crippen LogP contribution in [-0.2, 0) is 0 Å². The third kappa shape index (κ3) is 3.11. The Hall–Kier alpha value is -2.01. The number of halogens is 1. The summed E-state index contributed by atoms with van der Waals surface area (Å²) in [5.74, 6) is 0.515. The van der Waals surface area contributed by atoms with Crippen LogP contribution in [0.3, 0.4) is 0 Å². The summed E-state index contributed by atoms with van der Waals surface area (Å²) in [4.78, 5) is 12.1. The van der Waals surface area contributed by atoms with Crippen LogP contribution in [0.25, 0.3) is 0 Å². The number of hydrogen-bond acceptors (Lipinski definition) is 3. The number of nitrogens with zero attached hydrogens (tertiary/aromatic N) is 1. The number of ether oxygens (including phenoxy) is 1. The summed E-state index contributed by atoms with van der Waals surface area (Å²) in [6, 6.07) is 6.76. The highest BCUT2D eigenvalue weighted by atomic mass is 35.5. The van der Waals surface area contributed by atoms with Crippen LogP contribution in [0.2, 0.25) is 5.02 Å². The van der Waals surface area contributed by atoms with Crippen molar-refractivity contribution in [2.45, 2.75) is 19.8 Å². The Labute approximate surface area is 122 Å². The molecule has 1 heterocycles. The second kappa shape index (κ2) is 5.96. The SMILES string of the molecule is COc1ccc(Cl)cc1NC(=O)c1cc(C(C)C)[nH]n1. The summed E-state index contributed by atoms with van der Waals surface area (Å²) in [5.41, 5.74) is 1.75. The topological polar surface area (TPSA) is 67.0 Å². The third-order valence-electron chi connectivity index (χ3n) is 2.86. The van der Waals surface area contributed by atoms with Crippen LogP contribution in [0.4, 0.5) is 5.69 Å². The Morgan fingerprint density at radius 3 is 2.75 bits per heavy atom. The van der Waals surface area contributed by atoms with Crippen LogP contribution in [0.1, 0.15) is 35.9 Å². The molecule has 0 aliphatic carbocycles. The molecule has 0 saturated heterocycles. The zero-order chi connectivity index (χ0) is 14.7. The normalized spacial score (nSPS) is 10.7. The third-order valence-corrected chi connectivity index (χ3v) is 3.10. The first-order valence-corrected chi connectivity index (χ1v) is 6.59. The summed E-state index contributed by atoms with van der Waals surface area (Å²) in [6.45, 7) is 4.05. The van der Waals surface area contributed by atoms with Crippen LogP contribution in [-0.4, -0.2) is 23.2 Å². The van der Waals surface area contributed by atoms with Crippen LogP contribution >= 0.6 is 11.6 Å². The van der Waals surface area contributed by atoms with Gasteiger partial charge >= 0.3 is 0 Å². The molecule has 2 aromatic rings. The van der Waals surface area contributed by atoms with Crippen molar-refractivity contribution in [3.63, 3.8) is 0 Å². The van der Waals surface area contributed by atoms with E-state index in [1.165, 1.54) is 7.11 Å². The minimum atomic E-state index is -0.311. The van der Waals surface area contributed by atoms with Crippen molar-refractivity contribution in [1.29, 1.82) is 0 Å². The number of rotatable bonds is 4. The van der Waals surface area contributed by atoms with Crippen molar-refractivity contribution in [1.82, 2.24) is 10.2 Å². The van der Waals surface area contributed by atoms with Gasteiger partial charge in [-0.15, -0.1) is 0 Å². The highest BCUT2D eigenvalue weighted by Gasteiger charge is 2.14. The number of nitrogens with one attached hydrogen (secondary N) is 2. The number of H-pyrrole nitrogens is 1. The molecule has 0 fully saturated rings. The molecule has 5 nitrogen and oxygen atoms in total. The van der Waals surface area contributed by atoms with Gasteiger partial charge in [0.1, 0.15) is 5.75 Å². The second-order valence-electron chi connectivity index (χ2n) is 4.66. The first-order chi connectivity index (χ1) is 9.51. The summed E-state index contributed by atoms with van der Waals surface area (Å²) >= 11 is 5.92. The quantitative estimate of drug-likeness (QED) is 0.907. The highest BCUT2D eigenvalue weighted by Crippen LogP contribution is 2.28. The Balaban J connectivity index is 2.20. The van der Waals surface area contributed by atoms with Gasteiger partial charge in [0, 0.05) is 10.7 Å². The van der Waals surface area contributed by atoms with Crippen LogP contribution in [0, 0.1) is 0 Å². The molecule has 2 rings (SSSR count). The number of methoxy groups -OCH3 is 1. The van der Waals surface area contributed by atoms with E-state index in [-0.39, 0.29) is 11.8 Å². The molecule has 1 aromatic heterocycles. The van der Waals surface area contributed by atoms with Crippen molar-refractivity contribution in [2.75, 3.05) is 12.4 Å². The zero-order valence-corrected chi connectivity index (χ0v) is 12.3. The lowest BCUT2D eigenvalue weighted by Gasteiger charge is -2.09. The minimum absolute atomic E-state index is 0.282. The lowest BCUT2D eigenvalue weighted by molar-refractivity contribution is 0.102. The van der Waals surface area contributed by atoms with Gasteiger partial charge < -0.3 is 10.1 Å². The van der Waals surface area contributed by atoms with Gasteiger partial charge in [0.05, 0.1) is 12.8 Å². The van der Waals surface area contributed by atoms with E-state index in [1.54, 1.807) is 24.3 Å². The van der Waals surface area contributed by atoms with Gasteiger partial charge in [0.25, 0.3) is 5.91 Å². The van der Waals surface area contributed by atoms with Gasteiger partial charge in [-0.1, -0.05) is 25.4 Å². The summed E-state index contributed by atoms with van der Waals surface area (Å²) < 4.78 is 5.18. The number of carbonyl (C=O) groups excluding carboxylic acids is 1. The predicted octanol–water partition coefficient (Wildman–Crippen LogP) is 3.45. The first kappa shape index (κ1) is 14.4. The van der Waals surface area contributed by atoms with Crippen molar-refractivity contribution in [3.8, 4) is 5.75 Å². The first-order valence-electron chi connectivity index (χ1n) is 6.21. The van der Waals surface area contributed by atoms with Crippen LogP contribution in [0.15, 0.2) is 24.3 Å². The highest BCUT2D eigenvalue weighted by molar-refractivity contribution is 6.31. The number of hydrogen-bond donors (Lipinski definition) is 2. The molecule has 106 valence electrons. The molecule has 20 heavy (non-hydrogen) atoms. The average molecular weight is 294 g/mol. The Kier molecular flexibility index (Phi) is 4.29. The lowest BCUT2D eigenvalue weighted by Crippen LogP contribution is -2.13. The van der Waals surface area contributed by atoms with E-state index in [0.717, 1.165) is 5.69 Å². The molecule has 0 aliphatic heterocycles. The molecule has 0 atom stereocenters. The molecule has 1 aromatic carbocycles. The number of carbonyl (C=O) groups is 1. The monoisotopic (exact) mass is 293 g/mol. The Morgan fingerprint density at radius 1 is 1.40 bits per heavy atom. The fraction of sp³-hybridized carbons (Fsp3) is 0.286. The summed E-state index contributed by atoms with van der Waals surface area (Å²) in [6.07, 6.45) is 0. The molecule has 0 unspecified atom stereocenters. The molecule has 1 amide bonds. The number of anilines is 1. The maximum absolute atomic E-state index is 12.1. The van der Waals surface area contributed by atoms with Gasteiger partial charge in [0.2, 0.25) is 0 Å². The smallest absolute Gasteiger partial charge is 0.276 e. The summed E-state index contributed by atoms with van der Waals surface area (Å²) in [5, 5.41) is 10.1. The van der Waals surface area contributed by atoms with Crippen LogP contribution in [0.5, 0.6) is 5.75 Å².